The van der Waals surface area contributed by atoms with Crippen LogP contribution in [0, 0.1) is 27.9 Å². The fourth-order valence-corrected chi connectivity index (χ4v) is 3.62. The lowest BCUT2D eigenvalue weighted by molar-refractivity contribution is -0.385. The molecule has 1 aliphatic rings. The Bertz CT molecular complexity index is 731. The molecule has 0 spiro atoms. The van der Waals surface area contributed by atoms with Crippen LogP contribution < -0.4 is 4.74 Å². The van der Waals surface area contributed by atoms with Crippen LogP contribution in [0.4, 0.5) is 5.69 Å². The van der Waals surface area contributed by atoms with Crippen LogP contribution in [0.5, 0.6) is 5.75 Å². The van der Waals surface area contributed by atoms with Gasteiger partial charge in [0.1, 0.15) is 6.10 Å². The Balaban J connectivity index is 1.96. The van der Waals surface area contributed by atoms with Crippen molar-refractivity contribution in [3.05, 3.63) is 33.9 Å². The maximum absolute atomic E-state index is 12.2. The molecular weight excluding hydrogens is 366 g/mol. The fraction of sp³-hybridized carbons (Fsp3) is 0.600. The first-order valence-electron chi connectivity index (χ1n) is 9.42. The van der Waals surface area contributed by atoms with Crippen LogP contribution >= 0.6 is 0 Å². The maximum atomic E-state index is 12.2. The second-order valence-corrected chi connectivity index (χ2v) is 7.57. The lowest BCUT2D eigenvalue weighted by atomic mass is 9.75. The van der Waals surface area contributed by atoms with Gasteiger partial charge in [-0.25, -0.2) is 9.59 Å². The zero-order valence-electron chi connectivity index (χ0n) is 16.7. The van der Waals surface area contributed by atoms with Crippen molar-refractivity contribution in [1.82, 2.24) is 0 Å². The van der Waals surface area contributed by atoms with Gasteiger partial charge in [0, 0.05) is 6.07 Å². The van der Waals surface area contributed by atoms with Crippen LogP contribution in [0.1, 0.15) is 50.4 Å². The molecule has 28 heavy (non-hydrogen) atoms. The zero-order chi connectivity index (χ0) is 20.8. The molecule has 0 aromatic heterocycles. The fourth-order valence-electron chi connectivity index (χ4n) is 3.62. The average Bonchev–Trinajstić information content (AvgIpc) is 2.65. The van der Waals surface area contributed by atoms with Crippen molar-refractivity contribution in [3.8, 4) is 5.75 Å². The second kappa shape index (κ2) is 9.52. The quantitative estimate of drug-likeness (QED) is 0.394. The van der Waals surface area contributed by atoms with Gasteiger partial charge in [-0.2, -0.15) is 0 Å². The maximum Gasteiger partial charge on any atom is 0.344 e. The highest BCUT2D eigenvalue weighted by Crippen LogP contribution is 2.35. The summed E-state index contributed by atoms with van der Waals surface area (Å²) in [5.74, 6) is -0.240. The van der Waals surface area contributed by atoms with E-state index in [0.29, 0.717) is 17.8 Å². The van der Waals surface area contributed by atoms with E-state index in [1.807, 2.05) is 0 Å². The number of carbonyl (C=O) groups is 2. The Labute approximate surface area is 164 Å². The highest BCUT2D eigenvalue weighted by Gasteiger charge is 2.33. The SMILES string of the molecule is COc1ccc(C(=O)OCC(=O)OC2CC(C)CCC2C(C)C)cc1[N+](=O)[O-]. The van der Waals surface area contributed by atoms with Gasteiger partial charge < -0.3 is 14.2 Å². The van der Waals surface area contributed by atoms with E-state index >= 15 is 0 Å². The topological polar surface area (TPSA) is 105 Å². The molecule has 1 aromatic rings. The number of ether oxygens (including phenoxy) is 3. The van der Waals surface area contributed by atoms with Crippen molar-refractivity contribution in [2.24, 2.45) is 17.8 Å². The molecule has 0 N–H and O–H groups in total. The molecule has 0 radical (unpaired) electrons. The van der Waals surface area contributed by atoms with Gasteiger partial charge in [0.15, 0.2) is 12.4 Å². The standard InChI is InChI=1S/C20H27NO7/c1-12(2)15-7-5-13(3)9-18(15)28-19(22)11-27-20(23)14-6-8-17(26-4)16(10-14)21(24)25/h6,8,10,12-13,15,18H,5,7,9,11H2,1-4H3. The number of hydrogen-bond donors (Lipinski definition) is 0. The molecule has 0 saturated heterocycles. The molecule has 2 rings (SSSR count). The Morgan fingerprint density at radius 2 is 2.00 bits per heavy atom. The molecule has 0 bridgehead atoms. The van der Waals surface area contributed by atoms with Gasteiger partial charge in [0.2, 0.25) is 0 Å². The third kappa shape index (κ3) is 5.43. The molecule has 154 valence electrons. The van der Waals surface area contributed by atoms with E-state index < -0.39 is 23.5 Å². The van der Waals surface area contributed by atoms with E-state index in [1.165, 1.54) is 19.2 Å². The van der Waals surface area contributed by atoms with Gasteiger partial charge in [-0.3, -0.25) is 10.1 Å². The summed E-state index contributed by atoms with van der Waals surface area (Å²) in [6, 6.07) is 3.71. The predicted molar refractivity (Wildman–Crippen MR) is 101 cm³/mol. The number of nitro benzene ring substituents is 1. The minimum atomic E-state index is -0.833. The number of esters is 2. The van der Waals surface area contributed by atoms with Crippen LogP contribution in [-0.2, 0) is 14.3 Å². The molecule has 0 aliphatic heterocycles. The zero-order valence-corrected chi connectivity index (χ0v) is 16.7. The molecule has 8 heteroatoms. The first kappa shape index (κ1) is 21.7. The number of nitrogens with zero attached hydrogens (tertiary/aromatic N) is 1. The number of hydrogen-bond acceptors (Lipinski definition) is 7. The normalized spacial score (nSPS) is 21.8. The number of nitro groups is 1. The largest absolute Gasteiger partial charge is 0.490 e. The van der Waals surface area contributed by atoms with Crippen molar-refractivity contribution in [2.45, 2.75) is 46.1 Å². The average molecular weight is 393 g/mol. The van der Waals surface area contributed by atoms with Crippen LogP contribution in [0.3, 0.4) is 0 Å². The van der Waals surface area contributed by atoms with Crippen molar-refractivity contribution in [3.63, 3.8) is 0 Å². The van der Waals surface area contributed by atoms with E-state index in [-0.39, 0.29) is 23.1 Å². The van der Waals surface area contributed by atoms with Gasteiger partial charge >= 0.3 is 17.6 Å². The van der Waals surface area contributed by atoms with Crippen molar-refractivity contribution >= 4 is 17.6 Å². The molecule has 1 aromatic carbocycles. The van der Waals surface area contributed by atoms with Crippen LogP contribution in [0.15, 0.2) is 18.2 Å². The molecule has 1 fully saturated rings. The molecule has 1 saturated carbocycles. The van der Waals surface area contributed by atoms with Crippen LogP contribution in [-0.4, -0.2) is 36.7 Å². The summed E-state index contributed by atoms with van der Waals surface area (Å²) >= 11 is 0. The minimum absolute atomic E-state index is 0.0344. The Kier molecular flexibility index (Phi) is 7.37. The van der Waals surface area contributed by atoms with Gasteiger partial charge in [-0.1, -0.05) is 27.2 Å². The van der Waals surface area contributed by atoms with E-state index in [1.54, 1.807) is 0 Å². The number of rotatable bonds is 7. The summed E-state index contributed by atoms with van der Waals surface area (Å²) in [5.41, 5.74) is -0.387. The Morgan fingerprint density at radius 3 is 2.61 bits per heavy atom. The smallest absolute Gasteiger partial charge is 0.344 e. The lowest BCUT2D eigenvalue weighted by Crippen LogP contribution is -2.36. The number of benzene rings is 1. The molecule has 8 nitrogen and oxygen atoms in total. The van der Waals surface area contributed by atoms with Crippen molar-refractivity contribution < 1.29 is 28.7 Å². The van der Waals surface area contributed by atoms with Crippen molar-refractivity contribution in [2.75, 3.05) is 13.7 Å². The molecule has 3 unspecified atom stereocenters. The number of methoxy groups -OCH3 is 1. The molecule has 0 heterocycles. The van der Waals surface area contributed by atoms with E-state index in [9.17, 15) is 19.7 Å². The molecular formula is C20H27NO7. The van der Waals surface area contributed by atoms with Gasteiger partial charge in [-0.05, 0) is 42.7 Å². The van der Waals surface area contributed by atoms with E-state index in [4.69, 9.17) is 14.2 Å². The summed E-state index contributed by atoms with van der Waals surface area (Å²) < 4.78 is 15.5. The number of carbonyl (C=O) groups excluding carboxylic acids is 2. The Morgan fingerprint density at radius 1 is 1.29 bits per heavy atom. The van der Waals surface area contributed by atoms with Crippen LogP contribution in [0.25, 0.3) is 0 Å². The summed E-state index contributed by atoms with van der Waals surface area (Å²) in [6.45, 7) is 5.82. The Hall–Kier alpha value is -2.64. The molecule has 0 amide bonds. The minimum Gasteiger partial charge on any atom is -0.490 e. The molecule has 3 atom stereocenters. The highest BCUT2D eigenvalue weighted by atomic mass is 16.6. The van der Waals surface area contributed by atoms with Crippen molar-refractivity contribution in [1.29, 1.82) is 0 Å². The lowest BCUT2D eigenvalue weighted by Gasteiger charge is -2.36. The van der Waals surface area contributed by atoms with Gasteiger partial charge in [0.25, 0.3) is 0 Å². The van der Waals surface area contributed by atoms with Crippen LogP contribution in [0.2, 0.25) is 0 Å². The first-order valence-corrected chi connectivity index (χ1v) is 9.42. The van der Waals surface area contributed by atoms with Gasteiger partial charge in [0.05, 0.1) is 17.6 Å². The third-order valence-electron chi connectivity index (χ3n) is 5.18. The van der Waals surface area contributed by atoms with E-state index in [2.05, 4.69) is 20.8 Å². The molecule has 1 aliphatic carbocycles. The summed E-state index contributed by atoms with van der Waals surface area (Å²) in [6.07, 6.45) is 2.73. The first-order chi connectivity index (χ1) is 13.2. The summed E-state index contributed by atoms with van der Waals surface area (Å²) in [7, 11) is 1.30. The van der Waals surface area contributed by atoms with E-state index in [0.717, 1.165) is 25.3 Å². The second-order valence-electron chi connectivity index (χ2n) is 7.57. The third-order valence-corrected chi connectivity index (χ3v) is 5.18. The monoisotopic (exact) mass is 393 g/mol. The summed E-state index contributed by atoms with van der Waals surface area (Å²) in [4.78, 5) is 34.7. The van der Waals surface area contributed by atoms with Gasteiger partial charge in [-0.15, -0.1) is 0 Å². The predicted octanol–water partition coefficient (Wildman–Crippen LogP) is 3.76. The summed E-state index contributed by atoms with van der Waals surface area (Å²) in [5, 5.41) is 11.1. The highest BCUT2D eigenvalue weighted by molar-refractivity contribution is 5.91.